The minimum absolute atomic E-state index is 0.0408. The van der Waals surface area contributed by atoms with Gasteiger partial charge < -0.3 is 19.0 Å². The molecule has 1 amide bonds. The van der Waals surface area contributed by atoms with Crippen LogP contribution in [0.4, 0.5) is 9.52 Å². The van der Waals surface area contributed by atoms with Crippen LogP contribution in [0.15, 0.2) is 47.1 Å². The van der Waals surface area contributed by atoms with Gasteiger partial charge in [0.25, 0.3) is 0 Å². The van der Waals surface area contributed by atoms with Gasteiger partial charge in [-0.3, -0.25) is 4.79 Å². The lowest BCUT2D eigenvalue weighted by molar-refractivity contribution is -0.143. The van der Waals surface area contributed by atoms with Crippen molar-refractivity contribution in [1.82, 2.24) is 14.3 Å². The third kappa shape index (κ3) is 5.92. The SMILES string of the molecule is CC1CN(C(=O)CCN(Cc2ccco2)c2nc(Cc3ccc(F)cc3)ns2)CC(C)O1. The number of benzene rings is 1. The van der Waals surface area contributed by atoms with Gasteiger partial charge in [0.1, 0.15) is 17.4 Å². The molecular weight excluding hydrogens is 431 g/mol. The first-order chi connectivity index (χ1) is 15.5. The number of amides is 1. The molecule has 170 valence electrons. The van der Waals surface area contributed by atoms with Crippen LogP contribution in [0, 0.1) is 5.82 Å². The van der Waals surface area contributed by atoms with Crippen molar-refractivity contribution in [2.75, 3.05) is 24.5 Å². The summed E-state index contributed by atoms with van der Waals surface area (Å²) in [5.74, 6) is 1.30. The highest BCUT2D eigenvalue weighted by atomic mass is 32.1. The van der Waals surface area contributed by atoms with Crippen LogP contribution in [0.3, 0.4) is 0 Å². The maximum Gasteiger partial charge on any atom is 0.224 e. The molecule has 0 spiro atoms. The predicted octanol–water partition coefficient (Wildman–Crippen LogP) is 3.89. The van der Waals surface area contributed by atoms with Crippen molar-refractivity contribution in [3.8, 4) is 0 Å². The van der Waals surface area contributed by atoms with Crippen LogP contribution in [0.25, 0.3) is 0 Å². The summed E-state index contributed by atoms with van der Waals surface area (Å²) in [5.41, 5.74) is 0.944. The third-order valence-electron chi connectivity index (χ3n) is 5.30. The van der Waals surface area contributed by atoms with Crippen molar-refractivity contribution in [2.45, 2.75) is 45.4 Å². The summed E-state index contributed by atoms with van der Waals surface area (Å²) in [4.78, 5) is 21.4. The fraction of sp³-hybridized carbons (Fsp3) is 0.435. The fourth-order valence-corrected chi connectivity index (χ4v) is 4.54. The van der Waals surface area contributed by atoms with Gasteiger partial charge in [0.05, 0.1) is 25.0 Å². The third-order valence-corrected chi connectivity index (χ3v) is 6.11. The monoisotopic (exact) mass is 458 g/mol. The lowest BCUT2D eigenvalue weighted by Crippen LogP contribution is -2.48. The molecule has 7 nitrogen and oxygen atoms in total. The Morgan fingerprint density at radius 2 is 1.97 bits per heavy atom. The van der Waals surface area contributed by atoms with Crippen molar-refractivity contribution in [2.24, 2.45) is 0 Å². The zero-order valence-corrected chi connectivity index (χ0v) is 19.1. The fourth-order valence-electron chi connectivity index (χ4n) is 3.83. The number of hydrogen-bond donors (Lipinski definition) is 0. The molecule has 1 aromatic carbocycles. The highest BCUT2D eigenvalue weighted by molar-refractivity contribution is 7.09. The van der Waals surface area contributed by atoms with Crippen molar-refractivity contribution in [3.63, 3.8) is 0 Å². The average Bonchev–Trinajstić information content (AvgIpc) is 3.44. The standard InChI is InChI=1S/C23H27FN4O3S/c1-16-13-28(14-17(2)31-16)22(29)9-10-27(15-20-4-3-11-30-20)23-25-21(26-32-23)12-18-5-7-19(24)8-6-18/h3-8,11,16-17H,9-10,12-15H2,1-2H3. The van der Waals surface area contributed by atoms with E-state index in [-0.39, 0.29) is 23.9 Å². The second-order valence-corrected chi connectivity index (χ2v) is 8.83. The summed E-state index contributed by atoms with van der Waals surface area (Å²) < 4.78 is 28.9. The molecule has 1 fully saturated rings. The van der Waals surface area contributed by atoms with Gasteiger partial charge in [0.15, 0.2) is 0 Å². The second kappa shape index (κ2) is 10.2. The van der Waals surface area contributed by atoms with E-state index >= 15 is 0 Å². The van der Waals surface area contributed by atoms with Gasteiger partial charge in [-0.1, -0.05) is 12.1 Å². The summed E-state index contributed by atoms with van der Waals surface area (Å²) >= 11 is 1.29. The molecule has 4 rings (SSSR count). The van der Waals surface area contributed by atoms with Gasteiger partial charge in [0, 0.05) is 44.0 Å². The van der Waals surface area contributed by atoms with E-state index < -0.39 is 0 Å². The second-order valence-electron chi connectivity index (χ2n) is 8.10. The number of morpholine rings is 1. The van der Waals surface area contributed by atoms with Gasteiger partial charge in [-0.2, -0.15) is 4.37 Å². The molecule has 1 aliphatic rings. The molecule has 32 heavy (non-hydrogen) atoms. The minimum atomic E-state index is -0.265. The van der Waals surface area contributed by atoms with E-state index in [1.54, 1.807) is 18.4 Å². The van der Waals surface area contributed by atoms with E-state index in [0.29, 0.717) is 44.8 Å². The van der Waals surface area contributed by atoms with Crippen LogP contribution in [-0.2, 0) is 22.5 Å². The quantitative estimate of drug-likeness (QED) is 0.510. The summed E-state index contributed by atoms with van der Waals surface area (Å²) in [6, 6.07) is 10.1. The minimum Gasteiger partial charge on any atom is -0.467 e. The van der Waals surface area contributed by atoms with Crippen LogP contribution >= 0.6 is 11.5 Å². The van der Waals surface area contributed by atoms with E-state index in [9.17, 15) is 9.18 Å². The van der Waals surface area contributed by atoms with Gasteiger partial charge in [-0.05, 0) is 43.7 Å². The number of nitrogens with zero attached hydrogens (tertiary/aromatic N) is 4. The number of furan rings is 1. The van der Waals surface area contributed by atoms with Crippen LogP contribution in [-0.4, -0.2) is 52.0 Å². The summed E-state index contributed by atoms with van der Waals surface area (Å²) in [5, 5.41) is 0.732. The number of carbonyl (C=O) groups excluding carboxylic acids is 1. The number of aromatic nitrogens is 2. The van der Waals surface area contributed by atoms with Crippen molar-refractivity contribution >= 4 is 22.6 Å². The maximum absolute atomic E-state index is 13.2. The Labute approximate surface area is 191 Å². The van der Waals surface area contributed by atoms with Gasteiger partial charge in [0.2, 0.25) is 11.0 Å². The van der Waals surface area contributed by atoms with Crippen LogP contribution in [0.2, 0.25) is 0 Å². The zero-order chi connectivity index (χ0) is 22.5. The number of carbonyl (C=O) groups is 1. The largest absolute Gasteiger partial charge is 0.467 e. The number of ether oxygens (including phenoxy) is 1. The van der Waals surface area contributed by atoms with Gasteiger partial charge in [-0.25, -0.2) is 9.37 Å². The molecule has 0 radical (unpaired) electrons. The molecule has 1 aliphatic heterocycles. The number of hydrogen-bond acceptors (Lipinski definition) is 7. The smallest absolute Gasteiger partial charge is 0.224 e. The first kappa shape index (κ1) is 22.4. The molecule has 3 aromatic rings. The van der Waals surface area contributed by atoms with Gasteiger partial charge in [-0.15, -0.1) is 0 Å². The molecule has 0 aliphatic carbocycles. The highest BCUT2D eigenvalue weighted by Crippen LogP contribution is 2.22. The Bertz CT molecular complexity index is 999. The number of rotatable bonds is 8. The van der Waals surface area contributed by atoms with Crippen LogP contribution in [0.5, 0.6) is 0 Å². The molecule has 0 N–H and O–H groups in total. The van der Waals surface area contributed by atoms with E-state index in [0.717, 1.165) is 16.5 Å². The molecule has 9 heteroatoms. The Hall–Kier alpha value is -2.78. The average molecular weight is 459 g/mol. The first-order valence-corrected chi connectivity index (χ1v) is 11.5. The first-order valence-electron chi connectivity index (χ1n) is 10.7. The number of anilines is 1. The van der Waals surface area contributed by atoms with Crippen LogP contribution in [0.1, 0.15) is 37.4 Å². The molecule has 0 bridgehead atoms. The summed E-state index contributed by atoms with van der Waals surface area (Å²) in [7, 11) is 0. The van der Waals surface area contributed by atoms with Gasteiger partial charge >= 0.3 is 0 Å². The summed E-state index contributed by atoms with van der Waals surface area (Å²) in [6.45, 7) is 6.21. The van der Waals surface area contributed by atoms with Crippen molar-refractivity contribution in [1.29, 1.82) is 0 Å². The van der Waals surface area contributed by atoms with E-state index in [1.165, 1.54) is 23.7 Å². The molecular formula is C23H27FN4O3S. The Balaban J connectivity index is 1.43. The topological polar surface area (TPSA) is 71.7 Å². The Morgan fingerprint density at radius 1 is 1.22 bits per heavy atom. The maximum atomic E-state index is 13.2. The molecule has 2 aromatic heterocycles. The molecule has 0 saturated carbocycles. The molecule has 2 atom stereocenters. The Kier molecular flexibility index (Phi) is 7.16. The molecule has 2 unspecified atom stereocenters. The van der Waals surface area contributed by atoms with E-state index in [2.05, 4.69) is 9.36 Å². The predicted molar refractivity (Wildman–Crippen MR) is 120 cm³/mol. The van der Waals surface area contributed by atoms with Crippen molar-refractivity contribution < 1.29 is 18.3 Å². The normalized spacial score (nSPS) is 18.7. The van der Waals surface area contributed by atoms with Crippen molar-refractivity contribution in [3.05, 3.63) is 65.6 Å². The van der Waals surface area contributed by atoms with E-state index in [4.69, 9.17) is 9.15 Å². The van der Waals surface area contributed by atoms with Crippen LogP contribution < -0.4 is 4.90 Å². The zero-order valence-electron chi connectivity index (χ0n) is 18.2. The lowest BCUT2D eigenvalue weighted by atomic mass is 10.1. The summed E-state index contributed by atoms with van der Waals surface area (Å²) in [6.07, 6.45) is 2.61. The molecule has 1 saturated heterocycles. The molecule has 3 heterocycles. The van der Waals surface area contributed by atoms with E-state index in [1.807, 2.05) is 35.8 Å². The highest BCUT2D eigenvalue weighted by Gasteiger charge is 2.26. The Morgan fingerprint density at radius 3 is 2.66 bits per heavy atom. The lowest BCUT2D eigenvalue weighted by Gasteiger charge is -2.35. The number of halogens is 1.